The first kappa shape index (κ1) is 14.7. The van der Waals surface area contributed by atoms with Gasteiger partial charge < -0.3 is 14.6 Å². The summed E-state index contributed by atoms with van der Waals surface area (Å²) in [6.07, 6.45) is 3.53. The third kappa shape index (κ3) is 2.49. The first-order valence-electron chi connectivity index (χ1n) is 7.93. The molecule has 24 heavy (non-hydrogen) atoms. The van der Waals surface area contributed by atoms with Gasteiger partial charge >= 0.3 is 0 Å². The standard InChI is InChI=1S/C18H17N5O/c1-12-6-13(9-19)8-14(7-12)15-10-20-17-16(15)18(22-11-21-17)23-2-4-24-5-3-23/h6-8,10-11H,2-5H2,1H3,(H,20,21,22). The highest BCUT2D eigenvalue weighted by atomic mass is 16.5. The molecular weight excluding hydrogens is 302 g/mol. The first-order chi connectivity index (χ1) is 11.8. The molecule has 2 aromatic heterocycles. The highest BCUT2D eigenvalue weighted by molar-refractivity contribution is 6.01. The van der Waals surface area contributed by atoms with Crippen LogP contribution in [0.15, 0.2) is 30.7 Å². The van der Waals surface area contributed by atoms with E-state index in [1.165, 1.54) is 0 Å². The average molecular weight is 319 g/mol. The van der Waals surface area contributed by atoms with Gasteiger partial charge in [0, 0.05) is 24.8 Å². The molecule has 0 saturated carbocycles. The van der Waals surface area contributed by atoms with Gasteiger partial charge in [-0.05, 0) is 30.2 Å². The SMILES string of the molecule is Cc1cc(C#N)cc(-c2c[nH]c3ncnc(N4CCOCC4)c23)c1. The van der Waals surface area contributed by atoms with Crippen LogP contribution in [0.1, 0.15) is 11.1 Å². The van der Waals surface area contributed by atoms with E-state index < -0.39 is 0 Å². The topological polar surface area (TPSA) is 77.8 Å². The maximum atomic E-state index is 9.25. The second-order valence-electron chi connectivity index (χ2n) is 5.92. The van der Waals surface area contributed by atoms with Crippen LogP contribution in [0.4, 0.5) is 5.82 Å². The Morgan fingerprint density at radius 3 is 2.83 bits per heavy atom. The van der Waals surface area contributed by atoms with Crippen LogP contribution < -0.4 is 4.90 Å². The molecule has 0 bridgehead atoms. The Hall–Kier alpha value is -2.91. The smallest absolute Gasteiger partial charge is 0.143 e. The predicted molar refractivity (Wildman–Crippen MR) is 91.8 cm³/mol. The molecule has 3 aromatic rings. The van der Waals surface area contributed by atoms with Crippen molar-refractivity contribution in [1.29, 1.82) is 5.26 Å². The molecule has 1 fully saturated rings. The number of aromatic amines is 1. The van der Waals surface area contributed by atoms with Gasteiger partial charge in [-0.25, -0.2) is 9.97 Å². The fourth-order valence-electron chi connectivity index (χ4n) is 3.19. The fourth-order valence-corrected chi connectivity index (χ4v) is 3.19. The first-order valence-corrected chi connectivity index (χ1v) is 7.93. The molecule has 1 aromatic carbocycles. The molecule has 120 valence electrons. The second-order valence-corrected chi connectivity index (χ2v) is 5.92. The normalized spacial score (nSPS) is 14.8. The van der Waals surface area contributed by atoms with Gasteiger partial charge in [0.2, 0.25) is 0 Å². The Morgan fingerprint density at radius 2 is 2.04 bits per heavy atom. The van der Waals surface area contributed by atoms with Crippen LogP contribution in [0.2, 0.25) is 0 Å². The van der Waals surface area contributed by atoms with Gasteiger partial charge in [-0.2, -0.15) is 5.26 Å². The van der Waals surface area contributed by atoms with Gasteiger partial charge in [-0.3, -0.25) is 0 Å². The summed E-state index contributed by atoms with van der Waals surface area (Å²) in [4.78, 5) is 14.3. The molecule has 0 amide bonds. The highest BCUT2D eigenvalue weighted by Crippen LogP contribution is 2.34. The Bertz CT molecular complexity index is 934. The van der Waals surface area contributed by atoms with Crippen LogP contribution in [0.5, 0.6) is 0 Å². The van der Waals surface area contributed by atoms with Crippen molar-refractivity contribution in [2.75, 3.05) is 31.2 Å². The number of nitrogens with one attached hydrogen (secondary N) is 1. The molecule has 4 rings (SSSR count). The molecule has 6 heteroatoms. The number of benzene rings is 1. The van der Waals surface area contributed by atoms with Gasteiger partial charge in [0.05, 0.1) is 30.2 Å². The molecule has 0 unspecified atom stereocenters. The Kier molecular flexibility index (Phi) is 3.63. The van der Waals surface area contributed by atoms with E-state index in [0.29, 0.717) is 18.8 Å². The van der Waals surface area contributed by atoms with Gasteiger partial charge in [0.25, 0.3) is 0 Å². The second kappa shape index (κ2) is 5.95. The van der Waals surface area contributed by atoms with Crippen molar-refractivity contribution in [3.63, 3.8) is 0 Å². The van der Waals surface area contributed by atoms with E-state index >= 15 is 0 Å². The van der Waals surface area contributed by atoms with Crippen LogP contribution >= 0.6 is 0 Å². The number of hydrogen-bond acceptors (Lipinski definition) is 5. The summed E-state index contributed by atoms with van der Waals surface area (Å²) in [6, 6.07) is 8.11. The maximum absolute atomic E-state index is 9.25. The van der Waals surface area contributed by atoms with Crippen molar-refractivity contribution in [1.82, 2.24) is 15.0 Å². The fraction of sp³-hybridized carbons (Fsp3) is 0.278. The maximum Gasteiger partial charge on any atom is 0.143 e. The Labute approximate surface area is 139 Å². The molecule has 1 saturated heterocycles. The molecule has 3 heterocycles. The van der Waals surface area contributed by atoms with Crippen molar-refractivity contribution in [3.8, 4) is 17.2 Å². The summed E-state index contributed by atoms with van der Waals surface area (Å²) in [6.45, 7) is 5.03. The minimum absolute atomic E-state index is 0.657. The molecule has 1 aliphatic heterocycles. The number of aromatic nitrogens is 3. The van der Waals surface area contributed by atoms with Crippen LogP contribution in [0.25, 0.3) is 22.2 Å². The number of rotatable bonds is 2. The lowest BCUT2D eigenvalue weighted by atomic mass is 10.0. The Balaban J connectivity index is 1.91. The summed E-state index contributed by atoms with van der Waals surface area (Å²) in [5.74, 6) is 0.916. The summed E-state index contributed by atoms with van der Waals surface area (Å²) >= 11 is 0. The van der Waals surface area contributed by atoms with Gasteiger partial charge in [0.15, 0.2) is 0 Å². The van der Waals surface area contributed by atoms with Gasteiger partial charge in [-0.1, -0.05) is 6.07 Å². The lowest BCUT2D eigenvalue weighted by Gasteiger charge is -2.28. The highest BCUT2D eigenvalue weighted by Gasteiger charge is 2.19. The zero-order chi connectivity index (χ0) is 16.5. The summed E-state index contributed by atoms with van der Waals surface area (Å²) in [5.41, 5.74) is 4.54. The van der Waals surface area contributed by atoms with E-state index in [1.807, 2.05) is 25.3 Å². The average Bonchev–Trinajstić information content (AvgIpc) is 3.06. The zero-order valence-corrected chi connectivity index (χ0v) is 13.4. The van der Waals surface area contributed by atoms with E-state index in [2.05, 4.69) is 32.0 Å². The summed E-state index contributed by atoms with van der Waals surface area (Å²) in [7, 11) is 0. The third-order valence-corrected chi connectivity index (χ3v) is 4.28. The van der Waals surface area contributed by atoms with Gasteiger partial charge in [0.1, 0.15) is 17.8 Å². The quantitative estimate of drug-likeness (QED) is 0.785. The van der Waals surface area contributed by atoms with E-state index in [9.17, 15) is 5.26 Å². The van der Waals surface area contributed by atoms with E-state index in [1.54, 1.807) is 6.33 Å². The Morgan fingerprint density at radius 1 is 1.21 bits per heavy atom. The van der Waals surface area contributed by atoms with Crippen molar-refractivity contribution in [2.24, 2.45) is 0 Å². The molecule has 1 N–H and O–H groups in total. The largest absolute Gasteiger partial charge is 0.378 e. The number of fused-ring (bicyclic) bond motifs is 1. The van der Waals surface area contributed by atoms with Crippen molar-refractivity contribution < 1.29 is 4.74 Å². The number of aryl methyl sites for hydroxylation is 1. The predicted octanol–water partition coefficient (Wildman–Crippen LogP) is 2.64. The molecule has 1 aliphatic rings. The van der Waals surface area contributed by atoms with Crippen molar-refractivity contribution in [2.45, 2.75) is 6.92 Å². The number of nitrogens with zero attached hydrogens (tertiary/aromatic N) is 4. The number of ether oxygens (including phenoxy) is 1. The van der Waals surface area contributed by atoms with E-state index in [4.69, 9.17) is 4.74 Å². The third-order valence-electron chi connectivity index (χ3n) is 4.28. The van der Waals surface area contributed by atoms with E-state index in [-0.39, 0.29) is 0 Å². The number of morpholine rings is 1. The van der Waals surface area contributed by atoms with E-state index in [0.717, 1.165) is 46.6 Å². The molecule has 0 spiro atoms. The molecule has 6 nitrogen and oxygen atoms in total. The van der Waals surface area contributed by atoms with Crippen LogP contribution in [-0.4, -0.2) is 41.3 Å². The molecule has 0 aliphatic carbocycles. The van der Waals surface area contributed by atoms with Crippen molar-refractivity contribution in [3.05, 3.63) is 41.9 Å². The van der Waals surface area contributed by atoms with Gasteiger partial charge in [-0.15, -0.1) is 0 Å². The van der Waals surface area contributed by atoms with Crippen LogP contribution in [-0.2, 0) is 4.74 Å². The number of hydrogen-bond donors (Lipinski definition) is 1. The van der Waals surface area contributed by atoms with Crippen LogP contribution in [0.3, 0.4) is 0 Å². The molecule has 0 radical (unpaired) electrons. The minimum atomic E-state index is 0.657. The van der Waals surface area contributed by atoms with Crippen LogP contribution in [0, 0.1) is 18.3 Å². The number of anilines is 1. The monoisotopic (exact) mass is 319 g/mol. The minimum Gasteiger partial charge on any atom is -0.378 e. The lowest BCUT2D eigenvalue weighted by Crippen LogP contribution is -2.36. The number of H-pyrrole nitrogens is 1. The lowest BCUT2D eigenvalue weighted by molar-refractivity contribution is 0.122. The zero-order valence-electron chi connectivity index (χ0n) is 13.4. The number of nitriles is 1. The molecule has 0 atom stereocenters. The summed E-state index contributed by atoms with van der Waals surface area (Å²) in [5, 5.41) is 10.2. The summed E-state index contributed by atoms with van der Waals surface area (Å²) < 4.78 is 5.45. The molecular formula is C18H17N5O. The van der Waals surface area contributed by atoms with Crippen molar-refractivity contribution >= 4 is 16.9 Å².